The van der Waals surface area contributed by atoms with E-state index in [4.69, 9.17) is 5.11 Å². The van der Waals surface area contributed by atoms with Gasteiger partial charge in [0.05, 0.1) is 5.75 Å². The zero-order chi connectivity index (χ0) is 16.2. The number of nitrogens with one attached hydrogen (secondary N) is 2. The molecule has 0 saturated heterocycles. The van der Waals surface area contributed by atoms with Gasteiger partial charge < -0.3 is 10.4 Å². The van der Waals surface area contributed by atoms with Crippen LogP contribution in [0, 0.1) is 5.41 Å². The smallest absolute Gasteiger partial charge is 0.319 e. The second-order valence-electron chi connectivity index (χ2n) is 5.27. The highest BCUT2D eigenvalue weighted by Crippen LogP contribution is 2.45. The monoisotopic (exact) mass is 326 g/mol. The van der Waals surface area contributed by atoms with Crippen molar-refractivity contribution in [2.45, 2.75) is 19.4 Å². The lowest BCUT2D eigenvalue weighted by molar-refractivity contribution is -0.148. The average molecular weight is 326 g/mol. The number of sulfonamides is 1. The van der Waals surface area contributed by atoms with E-state index in [1.807, 2.05) is 18.2 Å². The van der Waals surface area contributed by atoms with Gasteiger partial charge in [-0.3, -0.25) is 9.59 Å². The van der Waals surface area contributed by atoms with Gasteiger partial charge in [0.2, 0.25) is 15.9 Å². The molecule has 8 heteroatoms. The van der Waals surface area contributed by atoms with E-state index in [2.05, 4.69) is 10.0 Å². The van der Waals surface area contributed by atoms with Gasteiger partial charge >= 0.3 is 5.97 Å². The van der Waals surface area contributed by atoms with Crippen molar-refractivity contribution in [3.05, 3.63) is 35.9 Å². The first-order valence-corrected chi connectivity index (χ1v) is 8.54. The van der Waals surface area contributed by atoms with Crippen LogP contribution in [0.25, 0.3) is 0 Å². The Labute approximate surface area is 128 Å². The van der Waals surface area contributed by atoms with Crippen LogP contribution < -0.4 is 10.0 Å². The maximum atomic E-state index is 11.8. The standard InChI is InChI=1S/C14H18N2O5S/c17-12(14(6-7-14)13(18)19)15-8-9-22(20,21)16-10-11-4-2-1-3-5-11/h1-5,16H,6-10H2,(H,15,17)(H,18,19). The average Bonchev–Trinajstić information content (AvgIpc) is 3.28. The molecule has 3 N–H and O–H groups in total. The van der Waals surface area contributed by atoms with Crippen molar-refractivity contribution in [2.75, 3.05) is 12.3 Å². The number of rotatable bonds is 8. The van der Waals surface area contributed by atoms with Crippen molar-refractivity contribution < 1.29 is 23.1 Å². The van der Waals surface area contributed by atoms with Crippen LogP contribution in [0.4, 0.5) is 0 Å². The molecule has 0 unspecified atom stereocenters. The largest absolute Gasteiger partial charge is 0.480 e. The lowest BCUT2D eigenvalue weighted by Crippen LogP contribution is -2.40. The summed E-state index contributed by atoms with van der Waals surface area (Å²) in [4.78, 5) is 22.7. The van der Waals surface area contributed by atoms with Gasteiger partial charge in [0, 0.05) is 13.1 Å². The van der Waals surface area contributed by atoms with E-state index < -0.39 is 27.3 Å². The zero-order valence-electron chi connectivity index (χ0n) is 11.9. The van der Waals surface area contributed by atoms with Crippen molar-refractivity contribution >= 4 is 21.9 Å². The number of aliphatic carboxylic acids is 1. The Balaban J connectivity index is 1.76. The van der Waals surface area contributed by atoms with Gasteiger partial charge in [-0.25, -0.2) is 13.1 Å². The molecule has 0 spiro atoms. The molecule has 1 aliphatic rings. The Bertz CT molecular complexity index is 653. The SMILES string of the molecule is O=C(O)C1(C(=O)NCCS(=O)(=O)NCc2ccccc2)CC1. The normalized spacial score (nSPS) is 16.0. The van der Waals surface area contributed by atoms with E-state index in [-0.39, 0.29) is 18.8 Å². The van der Waals surface area contributed by atoms with Gasteiger partial charge in [-0.1, -0.05) is 30.3 Å². The number of benzene rings is 1. The molecule has 1 saturated carbocycles. The molecule has 120 valence electrons. The molecule has 0 radical (unpaired) electrons. The molecule has 0 heterocycles. The maximum absolute atomic E-state index is 11.8. The van der Waals surface area contributed by atoms with Crippen LogP contribution >= 0.6 is 0 Å². The fraction of sp³-hybridized carbons (Fsp3) is 0.429. The molecule has 0 aromatic heterocycles. The highest BCUT2D eigenvalue weighted by atomic mass is 32.2. The molecule has 22 heavy (non-hydrogen) atoms. The summed E-state index contributed by atoms with van der Waals surface area (Å²) in [6.45, 7) is 0.0637. The maximum Gasteiger partial charge on any atom is 0.319 e. The van der Waals surface area contributed by atoms with Crippen molar-refractivity contribution in [3.63, 3.8) is 0 Å². The molecular formula is C14H18N2O5S. The lowest BCUT2D eigenvalue weighted by Gasteiger charge is -2.11. The van der Waals surface area contributed by atoms with Crippen molar-refractivity contribution in [3.8, 4) is 0 Å². The number of carboxylic acids is 1. The number of hydrogen-bond donors (Lipinski definition) is 3. The summed E-state index contributed by atoms with van der Waals surface area (Å²) < 4.78 is 26.0. The zero-order valence-corrected chi connectivity index (χ0v) is 12.7. The molecule has 1 aromatic carbocycles. The first kappa shape index (κ1) is 16.4. The van der Waals surface area contributed by atoms with Crippen LogP contribution in [-0.2, 0) is 26.2 Å². The van der Waals surface area contributed by atoms with Gasteiger partial charge in [0.25, 0.3) is 0 Å². The van der Waals surface area contributed by atoms with Crippen LogP contribution in [0.3, 0.4) is 0 Å². The van der Waals surface area contributed by atoms with E-state index in [0.717, 1.165) is 5.56 Å². The third-order valence-electron chi connectivity index (χ3n) is 3.59. The second kappa shape index (κ2) is 6.45. The lowest BCUT2D eigenvalue weighted by atomic mass is 10.1. The minimum Gasteiger partial charge on any atom is -0.480 e. The van der Waals surface area contributed by atoms with Gasteiger partial charge in [0.1, 0.15) is 5.41 Å². The quantitative estimate of drug-likeness (QED) is 0.586. The Morgan fingerprint density at radius 1 is 1.18 bits per heavy atom. The second-order valence-corrected chi connectivity index (χ2v) is 7.20. The summed E-state index contributed by atoms with van der Waals surface area (Å²) >= 11 is 0. The van der Waals surface area contributed by atoms with Gasteiger partial charge in [-0.05, 0) is 18.4 Å². The van der Waals surface area contributed by atoms with Gasteiger partial charge in [-0.2, -0.15) is 0 Å². The fourth-order valence-corrected chi connectivity index (χ4v) is 2.89. The number of hydrogen-bond acceptors (Lipinski definition) is 4. The Kier molecular flexibility index (Phi) is 4.82. The molecule has 1 fully saturated rings. The summed E-state index contributed by atoms with van der Waals surface area (Å²) in [5.74, 6) is -2.06. The van der Waals surface area contributed by atoms with Crippen LogP contribution in [0.1, 0.15) is 18.4 Å². The molecule has 0 aliphatic heterocycles. The van der Waals surface area contributed by atoms with E-state index in [1.165, 1.54) is 0 Å². The molecule has 0 atom stereocenters. The third kappa shape index (κ3) is 4.05. The van der Waals surface area contributed by atoms with Crippen LogP contribution in [0.15, 0.2) is 30.3 Å². The van der Waals surface area contributed by atoms with Crippen LogP contribution in [-0.4, -0.2) is 37.7 Å². The Hall–Kier alpha value is -1.93. The fourth-order valence-electron chi connectivity index (χ4n) is 1.99. The summed E-state index contributed by atoms with van der Waals surface area (Å²) in [7, 11) is -3.53. The Morgan fingerprint density at radius 3 is 2.36 bits per heavy atom. The van der Waals surface area contributed by atoms with E-state index in [0.29, 0.717) is 12.8 Å². The summed E-state index contributed by atoms with van der Waals surface area (Å²) in [5.41, 5.74) is -0.515. The summed E-state index contributed by atoms with van der Waals surface area (Å²) in [6, 6.07) is 9.06. The summed E-state index contributed by atoms with van der Waals surface area (Å²) in [6.07, 6.45) is 0.598. The van der Waals surface area contributed by atoms with Crippen LogP contribution in [0.2, 0.25) is 0 Å². The number of amides is 1. The molecule has 1 aromatic rings. The predicted octanol–water partition coefficient (Wildman–Crippen LogP) is 0.0870. The predicted molar refractivity (Wildman–Crippen MR) is 79.4 cm³/mol. The molecule has 0 bridgehead atoms. The molecule has 7 nitrogen and oxygen atoms in total. The molecular weight excluding hydrogens is 308 g/mol. The third-order valence-corrected chi connectivity index (χ3v) is 4.92. The molecule has 1 aliphatic carbocycles. The van der Waals surface area contributed by atoms with Crippen molar-refractivity contribution in [1.82, 2.24) is 10.0 Å². The minimum absolute atomic E-state index is 0.113. The van der Waals surface area contributed by atoms with Crippen LogP contribution in [0.5, 0.6) is 0 Å². The summed E-state index contributed by atoms with van der Waals surface area (Å²) in [5, 5.41) is 11.3. The van der Waals surface area contributed by atoms with Gasteiger partial charge in [-0.15, -0.1) is 0 Å². The Morgan fingerprint density at radius 2 is 1.82 bits per heavy atom. The first-order valence-electron chi connectivity index (χ1n) is 6.89. The van der Waals surface area contributed by atoms with E-state index in [1.54, 1.807) is 12.1 Å². The molecule has 2 rings (SSSR count). The van der Waals surface area contributed by atoms with Crippen molar-refractivity contribution in [2.24, 2.45) is 5.41 Å². The topological polar surface area (TPSA) is 113 Å². The highest BCUT2D eigenvalue weighted by Gasteiger charge is 2.56. The van der Waals surface area contributed by atoms with E-state index >= 15 is 0 Å². The van der Waals surface area contributed by atoms with Gasteiger partial charge in [0.15, 0.2) is 0 Å². The number of carbonyl (C=O) groups excluding carboxylic acids is 1. The first-order chi connectivity index (χ1) is 10.4. The van der Waals surface area contributed by atoms with E-state index in [9.17, 15) is 18.0 Å². The number of carboxylic acid groups (broad SMARTS) is 1. The minimum atomic E-state index is -3.53. The molecule has 1 amide bonds. The number of carbonyl (C=O) groups is 2. The van der Waals surface area contributed by atoms with Crippen molar-refractivity contribution in [1.29, 1.82) is 0 Å². The highest BCUT2D eigenvalue weighted by molar-refractivity contribution is 7.89.